The van der Waals surface area contributed by atoms with Crippen LogP contribution in [0.2, 0.25) is 0 Å². The van der Waals surface area contributed by atoms with E-state index in [1.54, 1.807) is 6.07 Å². The third-order valence-corrected chi connectivity index (χ3v) is 2.69. The predicted molar refractivity (Wildman–Crippen MR) is 73.9 cm³/mol. The molecule has 0 saturated heterocycles. The molecule has 2 N–H and O–H groups in total. The molecule has 0 fully saturated rings. The number of carbonyl (C=O) groups is 2. The van der Waals surface area contributed by atoms with E-state index in [1.165, 1.54) is 24.3 Å². The van der Waals surface area contributed by atoms with Crippen molar-refractivity contribution in [3.63, 3.8) is 0 Å². The molecular weight excluding hydrogens is 296 g/mol. The first-order valence-electron chi connectivity index (χ1n) is 6.17. The minimum atomic E-state index is -1.18. The molecule has 0 unspecified atom stereocenters. The van der Waals surface area contributed by atoms with E-state index in [-0.39, 0.29) is 17.0 Å². The van der Waals surface area contributed by atoms with E-state index in [2.05, 4.69) is 5.32 Å². The summed E-state index contributed by atoms with van der Waals surface area (Å²) in [5.74, 6) is -3.93. The SMILES string of the molecule is O=C(COc1ccc(F)c(F)c1)Nc1ccccc1C(=O)O. The third kappa shape index (κ3) is 3.78. The van der Waals surface area contributed by atoms with Crippen LogP contribution in [-0.2, 0) is 4.79 Å². The Balaban J connectivity index is 1.99. The van der Waals surface area contributed by atoms with Crippen molar-refractivity contribution in [3.05, 3.63) is 59.7 Å². The minimum absolute atomic E-state index is 0.0134. The van der Waals surface area contributed by atoms with Gasteiger partial charge in [-0.1, -0.05) is 12.1 Å². The first kappa shape index (κ1) is 15.4. The Morgan fingerprint density at radius 1 is 1.09 bits per heavy atom. The zero-order valence-corrected chi connectivity index (χ0v) is 11.2. The molecule has 0 spiro atoms. The highest BCUT2D eigenvalue weighted by molar-refractivity contribution is 6.00. The van der Waals surface area contributed by atoms with Gasteiger partial charge in [-0.15, -0.1) is 0 Å². The highest BCUT2D eigenvalue weighted by atomic mass is 19.2. The normalized spacial score (nSPS) is 10.1. The zero-order valence-electron chi connectivity index (χ0n) is 11.2. The first-order chi connectivity index (χ1) is 10.5. The maximum absolute atomic E-state index is 13.0. The summed E-state index contributed by atoms with van der Waals surface area (Å²) in [6, 6.07) is 8.73. The number of amides is 1. The van der Waals surface area contributed by atoms with E-state index in [0.29, 0.717) is 0 Å². The Bertz CT molecular complexity index is 718. The number of benzene rings is 2. The fourth-order valence-corrected chi connectivity index (χ4v) is 1.68. The van der Waals surface area contributed by atoms with E-state index < -0.39 is 30.1 Å². The van der Waals surface area contributed by atoms with Crippen LogP contribution in [0.5, 0.6) is 5.75 Å². The van der Waals surface area contributed by atoms with Crippen LogP contribution >= 0.6 is 0 Å². The molecule has 2 aromatic rings. The smallest absolute Gasteiger partial charge is 0.337 e. The first-order valence-corrected chi connectivity index (χ1v) is 6.17. The lowest BCUT2D eigenvalue weighted by Crippen LogP contribution is -2.21. The second-order valence-electron chi connectivity index (χ2n) is 4.26. The molecule has 0 aliphatic rings. The Labute approximate surface area is 124 Å². The standard InChI is InChI=1S/C15H11F2NO4/c16-11-6-5-9(7-12(11)17)22-8-14(19)18-13-4-2-1-3-10(13)15(20)21/h1-7H,8H2,(H,18,19)(H,20,21). The molecule has 0 saturated carbocycles. The highest BCUT2D eigenvalue weighted by Gasteiger charge is 2.12. The van der Waals surface area contributed by atoms with Gasteiger partial charge in [0.15, 0.2) is 18.2 Å². The number of halogens is 2. The maximum Gasteiger partial charge on any atom is 0.337 e. The third-order valence-electron chi connectivity index (χ3n) is 2.69. The van der Waals surface area contributed by atoms with Gasteiger partial charge in [-0.3, -0.25) is 4.79 Å². The van der Waals surface area contributed by atoms with E-state index in [9.17, 15) is 18.4 Å². The van der Waals surface area contributed by atoms with Crippen LogP contribution in [0, 0.1) is 11.6 Å². The van der Waals surface area contributed by atoms with Crippen LogP contribution in [0.3, 0.4) is 0 Å². The van der Waals surface area contributed by atoms with E-state index in [1.807, 2.05) is 0 Å². The number of hydrogen-bond acceptors (Lipinski definition) is 3. The van der Waals surface area contributed by atoms with Crippen molar-refractivity contribution < 1.29 is 28.2 Å². The van der Waals surface area contributed by atoms with Crippen LogP contribution in [-0.4, -0.2) is 23.6 Å². The average Bonchev–Trinajstić information content (AvgIpc) is 2.49. The second kappa shape index (κ2) is 6.66. The molecule has 0 radical (unpaired) electrons. The Hall–Kier alpha value is -2.96. The van der Waals surface area contributed by atoms with E-state index >= 15 is 0 Å². The van der Waals surface area contributed by atoms with Crippen molar-refractivity contribution in [2.75, 3.05) is 11.9 Å². The predicted octanol–water partition coefficient (Wildman–Crippen LogP) is 2.68. The minimum Gasteiger partial charge on any atom is -0.484 e. The summed E-state index contributed by atoms with van der Waals surface area (Å²) in [5, 5.41) is 11.4. The second-order valence-corrected chi connectivity index (χ2v) is 4.26. The number of ether oxygens (including phenoxy) is 1. The van der Waals surface area contributed by atoms with Crippen LogP contribution < -0.4 is 10.1 Å². The van der Waals surface area contributed by atoms with Crippen LogP contribution in [0.15, 0.2) is 42.5 Å². The highest BCUT2D eigenvalue weighted by Crippen LogP contribution is 2.17. The van der Waals surface area contributed by atoms with Crippen molar-refractivity contribution in [3.8, 4) is 5.75 Å². The van der Waals surface area contributed by atoms with Crippen molar-refractivity contribution in [2.24, 2.45) is 0 Å². The molecule has 0 bridgehead atoms. The van der Waals surface area contributed by atoms with E-state index in [4.69, 9.17) is 9.84 Å². The number of hydrogen-bond donors (Lipinski definition) is 2. The Kier molecular flexibility index (Phi) is 4.67. The molecule has 0 aliphatic carbocycles. The molecular formula is C15H11F2NO4. The quantitative estimate of drug-likeness (QED) is 0.890. The number of anilines is 1. The number of carboxylic acids is 1. The molecule has 0 heterocycles. The molecule has 22 heavy (non-hydrogen) atoms. The number of carboxylic acid groups (broad SMARTS) is 1. The van der Waals surface area contributed by atoms with Gasteiger partial charge in [-0.25, -0.2) is 13.6 Å². The molecule has 114 valence electrons. The molecule has 0 aromatic heterocycles. The average molecular weight is 307 g/mol. The van der Waals surface area contributed by atoms with Crippen LogP contribution in [0.25, 0.3) is 0 Å². The molecule has 7 heteroatoms. The number of rotatable bonds is 5. The van der Waals surface area contributed by atoms with Crippen molar-refractivity contribution >= 4 is 17.6 Å². The van der Waals surface area contributed by atoms with Crippen LogP contribution in [0.1, 0.15) is 10.4 Å². The topological polar surface area (TPSA) is 75.6 Å². The summed E-state index contributed by atoms with van der Waals surface area (Å²) < 4.78 is 30.7. The van der Waals surface area contributed by atoms with Crippen molar-refractivity contribution in [1.82, 2.24) is 0 Å². The molecule has 5 nitrogen and oxygen atoms in total. The summed E-state index contributed by atoms with van der Waals surface area (Å²) in [6.07, 6.45) is 0. The Morgan fingerprint density at radius 3 is 2.50 bits per heavy atom. The van der Waals surface area contributed by atoms with Gasteiger partial charge in [0, 0.05) is 6.07 Å². The zero-order chi connectivity index (χ0) is 16.1. The monoisotopic (exact) mass is 307 g/mol. The van der Waals surface area contributed by atoms with Gasteiger partial charge in [-0.2, -0.15) is 0 Å². The lowest BCUT2D eigenvalue weighted by atomic mass is 10.2. The van der Waals surface area contributed by atoms with Gasteiger partial charge in [0.1, 0.15) is 5.75 Å². The summed E-state index contributed by atoms with van der Waals surface area (Å²) in [4.78, 5) is 22.7. The summed E-state index contributed by atoms with van der Waals surface area (Å²) >= 11 is 0. The maximum atomic E-state index is 13.0. The summed E-state index contributed by atoms with van der Waals surface area (Å²) in [5.41, 5.74) is 0.0533. The van der Waals surface area contributed by atoms with Gasteiger partial charge in [0.2, 0.25) is 0 Å². The number of aromatic carboxylic acids is 1. The fourth-order valence-electron chi connectivity index (χ4n) is 1.68. The summed E-state index contributed by atoms with van der Waals surface area (Å²) in [6.45, 7) is -0.473. The Morgan fingerprint density at radius 2 is 1.82 bits per heavy atom. The number of nitrogens with one attached hydrogen (secondary N) is 1. The lowest BCUT2D eigenvalue weighted by molar-refractivity contribution is -0.118. The van der Waals surface area contributed by atoms with Crippen molar-refractivity contribution in [2.45, 2.75) is 0 Å². The molecule has 0 aliphatic heterocycles. The number of carbonyl (C=O) groups excluding carboxylic acids is 1. The van der Waals surface area contributed by atoms with Gasteiger partial charge < -0.3 is 15.2 Å². The molecule has 2 rings (SSSR count). The van der Waals surface area contributed by atoms with Crippen LogP contribution in [0.4, 0.5) is 14.5 Å². The van der Waals surface area contributed by atoms with Gasteiger partial charge in [0.05, 0.1) is 11.3 Å². The molecule has 2 aromatic carbocycles. The molecule has 0 atom stereocenters. The lowest BCUT2D eigenvalue weighted by Gasteiger charge is -2.09. The van der Waals surface area contributed by atoms with Gasteiger partial charge in [0.25, 0.3) is 5.91 Å². The fraction of sp³-hybridized carbons (Fsp3) is 0.0667. The summed E-state index contributed by atoms with van der Waals surface area (Å²) in [7, 11) is 0. The van der Waals surface area contributed by atoms with Gasteiger partial charge >= 0.3 is 5.97 Å². The van der Waals surface area contributed by atoms with Gasteiger partial charge in [-0.05, 0) is 24.3 Å². The van der Waals surface area contributed by atoms with Crippen molar-refractivity contribution in [1.29, 1.82) is 0 Å². The van der Waals surface area contributed by atoms with E-state index in [0.717, 1.165) is 12.1 Å². The largest absolute Gasteiger partial charge is 0.484 e. The molecule has 1 amide bonds. The number of para-hydroxylation sites is 1.